The van der Waals surface area contributed by atoms with Crippen LogP contribution >= 0.6 is 0 Å². The number of hydrogen-bond donors (Lipinski definition) is 2. The van der Waals surface area contributed by atoms with Gasteiger partial charge in [-0.05, 0) is 23.6 Å². The lowest BCUT2D eigenvalue weighted by atomic mass is 9.82. The molecule has 0 saturated carbocycles. The minimum absolute atomic E-state index is 0.153. The maximum Gasteiger partial charge on any atom is 0.220 e. The number of nitrogens with two attached hydrogens (primary N) is 1. The first-order valence-electron chi connectivity index (χ1n) is 8.96. The smallest absolute Gasteiger partial charge is 0.220 e. The quantitative estimate of drug-likeness (QED) is 0.693. The van der Waals surface area contributed by atoms with E-state index in [2.05, 4.69) is 70.1 Å². The van der Waals surface area contributed by atoms with Crippen LogP contribution in [0.2, 0.25) is 0 Å². The maximum absolute atomic E-state index is 5.91. The van der Waals surface area contributed by atoms with Gasteiger partial charge in [-0.1, -0.05) is 60.7 Å². The summed E-state index contributed by atoms with van der Waals surface area (Å²) in [6.07, 6.45) is 2.96. The Balaban J connectivity index is 1.84. The molecule has 0 bridgehead atoms. The van der Waals surface area contributed by atoms with Crippen LogP contribution in [0.1, 0.15) is 28.4 Å². The molecule has 2 aromatic carbocycles. The van der Waals surface area contributed by atoms with Crippen molar-refractivity contribution in [2.75, 3.05) is 12.8 Å². The van der Waals surface area contributed by atoms with Crippen molar-refractivity contribution in [1.29, 1.82) is 0 Å². The SMILES string of the molecule is CONC1=CC(c2ccccc2-c2ccccc2)Cc2nc(N)nc(C)c21. The summed E-state index contributed by atoms with van der Waals surface area (Å²) in [6.45, 7) is 1.94. The number of nitrogens with zero attached hydrogens (tertiary/aromatic N) is 2. The average molecular weight is 358 g/mol. The summed E-state index contributed by atoms with van der Waals surface area (Å²) in [5, 5.41) is 0. The molecule has 1 unspecified atom stereocenters. The van der Waals surface area contributed by atoms with E-state index in [1.807, 2.05) is 13.0 Å². The van der Waals surface area contributed by atoms with Crippen LogP contribution in [-0.2, 0) is 11.3 Å². The number of hydrogen-bond acceptors (Lipinski definition) is 5. The Hall–Kier alpha value is -3.18. The number of nitrogen functional groups attached to an aromatic ring is 1. The van der Waals surface area contributed by atoms with Gasteiger partial charge in [0, 0.05) is 17.9 Å². The molecule has 4 rings (SSSR count). The molecule has 3 aromatic rings. The summed E-state index contributed by atoms with van der Waals surface area (Å²) in [5.74, 6) is 0.459. The molecule has 0 saturated heterocycles. The molecule has 3 N–H and O–H groups in total. The van der Waals surface area contributed by atoms with E-state index in [-0.39, 0.29) is 5.92 Å². The van der Waals surface area contributed by atoms with Crippen LogP contribution in [-0.4, -0.2) is 17.1 Å². The molecule has 27 heavy (non-hydrogen) atoms. The van der Waals surface area contributed by atoms with Gasteiger partial charge in [0.25, 0.3) is 0 Å². The van der Waals surface area contributed by atoms with Crippen molar-refractivity contribution in [1.82, 2.24) is 15.4 Å². The van der Waals surface area contributed by atoms with Gasteiger partial charge in [0.2, 0.25) is 5.95 Å². The highest BCUT2D eigenvalue weighted by Crippen LogP contribution is 2.38. The summed E-state index contributed by atoms with van der Waals surface area (Å²) < 4.78 is 0. The third kappa shape index (κ3) is 3.29. The van der Waals surface area contributed by atoms with Crippen molar-refractivity contribution in [3.05, 3.63) is 83.2 Å². The monoisotopic (exact) mass is 358 g/mol. The number of hydroxylamine groups is 1. The zero-order chi connectivity index (χ0) is 18.8. The van der Waals surface area contributed by atoms with E-state index < -0.39 is 0 Å². The molecular formula is C22H22N4O. The van der Waals surface area contributed by atoms with Gasteiger partial charge in [-0.3, -0.25) is 10.3 Å². The van der Waals surface area contributed by atoms with Crippen LogP contribution in [0.15, 0.2) is 60.7 Å². The van der Waals surface area contributed by atoms with Gasteiger partial charge in [0.05, 0.1) is 24.2 Å². The average Bonchev–Trinajstić information content (AvgIpc) is 2.68. The number of allylic oxidation sites excluding steroid dienone is 1. The van der Waals surface area contributed by atoms with Crippen LogP contribution in [0.5, 0.6) is 0 Å². The summed E-state index contributed by atoms with van der Waals surface area (Å²) in [4.78, 5) is 14.0. The number of fused-ring (bicyclic) bond motifs is 1. The second-order valence-electron chi connectivity index (χ2n) is 6.64. The zero-order valence-electron chi connectivity index (χ0n) is 15.4. The maximum atomic E-state index is 5.91. The standard InChI is InChI=1S/C22H22N4O/c1-14-21-19(25-22(23)24-14)12-16(13-20(21)26-27-2)18-11-7-6-10-17(18)15-8-4-3-5-9-15/h3-11,13,16,26H,12H2,1-2H3,(H2,23,24,25). The van der Waals surface area contributed by atoms with E-state index in [0.29, 0.717) is 5.95 Å². The highest BCUT2D eigenvalue weighted by Gasteiger charge is 2.26. The number of rotatable bonds is 4. The van der Waals surface area contributed by atoms with E-state index >= 15 is 0 Å². The van der Waals surface area contributed by atoms with E-state index in [0.717, 1.165) is 29.1 Å². The van der Waals surface area contributed by atoms with Crippen molar-refractivity contribution < 1.29 is 4.84 Å². The van der Waals surface area contributed by atoms with Crippen molar-refractivity contribution >= 4 is 11.6 Å². The minimum Gasteiger partial charge on any atom is -0.368 e. The largest absolute Gasteiger partial charge is 0.368 e. The highest BCUT2D eigenvalue weighted by molar-refractivity contribution is 5.74. The van der Waals surface area contributed by atoms with Gasteiger partial charge in [-0.2, -0.15) is 0 Å². The first kappa shape index (κ1) is 17.2. The van der Waals surface area contributed by atoms with Crippen molar-refractivity contribution in [3.8, 4) is 11.1 Å². The molecule has 0 spiro atoms. The Labute approximate surface area is 158 Å². The molecule has 136 valence electrons. The van der Waals surface area contributed by atoms with Crippen LogP contribution in [0.25, 0.3) is 16.8 Å². The molecule has 0 fully saturated rings. The molecule has 5 nitrogen and oxygen atoms in total. The molecule has 5 heteroatoms. The molecule has 1 heterocycles. The third-order valence-electron chi connectivity index (χ3n) is 4.89. The van der Waals surface area contributed by atoms with E-state index in [1.54, 1.807) is 7.11 Å². The molecule has 0 radical (unpaired) electrons. The van der Waals surface area contributed by atoms with Gasteiger partial charge in [-0.25, -0.2) is 9.97 Å². The zero-order valence-corrected chi connectivity index (χ0v) is 15.4. The Kier molecular flexibility index (Phi) is 4.60. The van der Waals surface area contributed by atoms with Crippen LogP contribution < -0.4 is 11.2 Å². The number of anilines is 1. The predicted molar refractivity (Wildman–Crippen MR) is 108 cm³/mol. The second kappa shape index (κ2) is 7.21. The van der Waals surface area contributed by atoms with Crippen molar-refractivity contribution in [2.24, 2.45) is 0 Å². The van der Waals surface area contributed by atoms with Crippen LogP contribution in [0, 0.1) is 6.92 Å². The number of aromatic nitrogens is 2. The van der Waals surface area contributed by atoms with Crippen molar-refractivity contribution in [3.63, 3.8) is 0 Å². The van der Waals surface area contributed by atoms with Gasteiger partial charge in [0.1, 0.15) is 0 Å². The Morgan fingerprint density at radius 2 is 1.78 bits per heavy atom. The molecule has 1 aromatic heterocycles. The first-order valence-corrected chi connectivity index (χ1v) is 8.96. The molecule has 0 amide bonds. The Bertz CT molecular complexity index is 998. The molecular weight excluding hydrogens is 336 g/mol. The normalized spacial score (nSPS) is 15.8. The molecule has 1 aliphatic carbocycles. The number of nitrogens with one attached hydrogen (secondary N) is 1. The lowest BCUT2D eigenvalue weighted by Gasteiger charge is -2.26. The number of benzene rings is 2. The van der Waals surface area contributed by atoms with Gasteiger partial charge in [-0.15, -0.1) is 0 Å². The van der Waals surface area contributed by atoms with E-state index in [1.165, 1.54) is 16.7 Å². The minimum atomic E-state index is 0.153. The second-order valence-corrected chi connectivity index (χ2v) is 6.64. The summed E-state index contributed by atoms with van der Waals surface area (Å²) >= 11 is 0. The lowest BCUT2D eigenvalue weighted by molar-refractivity contribution is 0.136. The third-order valence-corrected chi connectivity index (χ3v) is 4.89. The van der Waals surface area contributed by atoms with Crippen LogP contribution in [0.3, 0.4) is 0 Å². The fraction of sp³-hybridized carbons (Fsp3) is 0.182. The lowest BCUT2D eigenvalue weighted by Crippen LogP contribution is -2.22. The van der Waals surface area contributed by atoms with Gasteiger partial charge in [0.15, 0.2) is 0 Å². The van der Waals surface area contributed by atoms with Gasteiger partial charge >= 0.3 is 0 Å². The predicted octanol–water partition coefficient (Wildman–Crippen LogP) is 3.87. The number of aryl methyl sites for hydroxylation is 1. The molecule has 1 atom stereocenters. The fourth-order valence-corrected chi connectivity index (χ4v) is 3.80. The van der Waals surface area contributed by atoms with Crippen molar-refractivity contribution in [2.45, 2.75) is 19.3 Å². The van der Waals surface area contributed by atoms with E-state index in [4.69, 9.17) is 10.6 Å². The Morgan fingerprint density at radius 3 is 2.56 bits per heavy atom. The topological polar surface area (TPSA) is 73.1 Å². The summed E-state index contributed by atoms with van der Waals surface area (Å²) in [6, 6.07) is 18.9. The Morgan fingerprint density at radius 1 is 1.04 bits per heavy atom. The van der Waals surface area contributed by atoms with Crippen LogP contribution in [0.4, 0.5) is 5.95 Å². The molecule has 0 aliphatic heterocycles. The summed E-state index contributed by atoms with van der Waals surface area (Å²) in [7, 11) is 1.61. The van der Waals surface area contributed by atoms with Gasteiger partial charge < -0.3 is 5.73 Å². The molecule has 1 aliphatic rings. The van der Waals surface area contributed by atoms with E-state index in [9.17, 15) is 0 Å². The first-order chi connectivity index (χ1) is 13.2. The summed E-state index contributed by atoms with van der Waals surface area (Å²) in [5.41, 5.74) is 16.2. The fourth-order valence-electron chi connectivity index (χ4n) is 3.80. The highest BCUT2D eigenvalue weighted by atomic mass is 16.6.